The molecule has 6 nitrogen and oxygen atoms in total. The van der Waals surface area contributed by atoms with Gasteiger partial charge in [-0.15, -0.1) is 0 Å². The van der Waals surface area contributed by atoms with Crippen LogP contribution in [0.15, 0.2) is 48.5 Å². The van der Waals surface area contributed by atoms with Crippen LogP contribution in [-0.4, -0.2) is 28.8 Å². The van der Waals surface area contributed by atoms with E-state index in [-0.39, 0.29) is 11.6 Å². The van der Waals surface area contributed by atoms with Crippen LogP contribution in [0.5, 0.6) is 0 Å². The molecule has 6 heteroatoms. The number of benzene rings is 2. The SMILES string of the molecule is Cc1ccc(NC(=O)[C@H](c2cccc([N+](=O)[O-])c2)N2CCCCC2)cc1. The number of hydrogen-bond donors (Lipinski definition) is 1. The second-order valence-corrected chi connectivity index (χ2v) is 6.71. The molecule has 1 amide bonds. The lowest BCUT2D eigenvalue weighted by molar-refractivity contribution is -0.384. The predicted molar refractivity (Wildman–Crippen MR) is 101 cm³/mol. The molecule has 26 heavy (non-hydrogen) atoms. The number of nitrogens with zero attached hydrogens (tertiary/aromatic N) is 2. The molecule has 3 rings (SSSR count). The summed E-state index contributed by atoms with van der Waals surface area (Å²) in [7, 11) is 0. The van der Waals surface area contributed by atoms with E-state index in [1.54, 1.807) is 12.1 Å². The minimum absolute atomic E-state index is 0.00708. The molecule has 1 fully saturated rings. The molecular formula is C20H23N3O3. The molecule has 1 saturated heterocycles. The Kier molecular flexibility index (Phi) is 5.63. The van der Waals surface area contributed by atoms with E-state index in [2.05, 4.69) is 10.2 Å². The van der Waals surface area contributed by atoms with Gasteiger partial charge in [-0.2, -0.15) is 0 Å². The second kappa shape index (κ2) is 8.10. The quantitative estimate of drug-likeness (QED) is 0.649. The van der Waals surface area contributed by atoms with E-state index in [4.69, 9.17) is 0 Å². The number of nitro benzene ring substituents is 1. The van der Waals surface area contributed by atoms with Crippen LogP contribution in [0.3, 0.4) is 0 Å². The molecule has 0 saturated carbocycles. The number of rotatable bonds is 5. The number of non-ortho nitro benzene ring substituents is 1. The number of aryl methyl sites for hydroxylation is 1. The van der Waals surface area contributed by atoms with Crippen molar-refractivity contribution < 1.29 is 9.72 Å². The smallest absolute Gasteiger partial charge is 0.269 e. The monoisotopic (exact) mass is 353 g/mol. The molecule has 0 bridgehead atoms. The van der Waals surface area contributed by atoms with Gasteiger partial charge in [0, 0.05) is 17.8 Å². The highest BCUT2D eigenvalue weighted by Gasteiger charge is 2.29. The molecule has 0 spiro atoms. The van der Waals surface area contributed by atoms with E-state index in [1.165, 1.54) is 12.1 Å². The van der Waals surface area contributed by atoms with Crippen molar-refractivity contribution in [1.29, 1.82) is 0 Å². The maximum absolute atomic E-state index is 13.1. The van der Waals surface area contributed by atoms with Crippen LogP contribution in [0, 0.1) is 17.0 Å². The van der Waals surface area contributed by atoms with Crippen LogP contribution < -0.4 is 5.32 Å². The van der Waals surface area contributed by atoms with Gasteiger partial charge >= 0.3 is 0 Å². The first-order valence-corrected chi connectivity index (χ1v) is 8.90. The summed E-state index contributed by atoms with van der Waals surface area (Å²) >= 11 is 0. The van der Waals surface area contributed by atoms with Gasteiger partial charge in [0.15, 0.2) is 0 Å². The summed E-state index contributed by atoms with van der Waals surface area (Å²) in [6, 6.07) is 13.5. The number of carbonyl (C=O) groups is 1. The Labute approximate surface area is 153 Å². The third-order valence-corrected chi connectivity index (χ3v) is 4.72. The molecule has 0 unspecified atom stereocenters. The van der Waals surface area contributed by atoms with Crippen molar-refractivity contribution in [3.63, 3.8) is 0 Å². The third kappa shape index (κ3) is 4.26. The molecule has 1 aliphatic heterocycles. The Morgan fingerprint density at radius 2 is 1.81 bits per heavy atom. The van der Waals surface area contributed by atoms with Crippen LogP contribution in [0.25, 0.3) is 0 Å². The number of likely N-dealkylation sites (tertiary alicyclic amines) is 1. The predicted octanol–water partition coefficient (Wildman–Crippen LogP) is 4.07. The Hall–Kier alpha value is -2.73. The molecule has 0 aliphatic carbocycles. The number of carbonyl (C=O) groups excluding carboxylic acids is 1. The van der Waals surface area contributed by atoms with Gasteiger partial charge in [0.25, 0.3) is 5.69 Å². The van der Waals surface area contributed by atoms with Crippen LogP contribution in [0.1, 0.15) is 36.4 Å². The number of nitro groups is 1. The molecule has 2 aromatic carbocycles. The van der Waals surface area contributed by atoms with E-state index in [1.807, 2.05) is 31.2 Å². The summed E-state index contributed by atoms with van der Waals surface area (Å²) < 4.78 is 0. The highest BCUT2D eigenvalue weighted by atomic mass is 16.6. The second-order valence-electron chi connectivity index (χ2n) is 6.71. The molecule has 2 aromatic rings. The molecule has 1 heterocycles. The average Bonchev–Trinajstić information content (AvgIpc) is 2.65. The van der Waals surface area contributed by atoms with Crippen LogP contribution in [-0.2, 0) is 4.79 Å². The molecule has 0 radical (unpaired) electrons. The summed E-state index contributed by atoms with van der Waals surface area (Å²) in [5.41, 5.74) is 2.51. The van der Waals surface area contributed by atoms with Gasteiger partial charge < -0.3 is 5.32 Å². The topological polar surface area (TPSA) is 75.5 Å². The summed E-state index contributed by atoms with van der Waals surface area (Å²) in [5, 5.41) is 14.1. The lowest BCUT2D eigenvalue weighted by atomic mass is 10.00. The fourth-order valence-electron chi connectivity index (χ4n) is 3.36. The number of piperidine rings is 1. The Balaban J connectivity index is 1.89. The van der Waals surface area contributed by atoms with Crippen molar-refractivity contribution in [2.45, 2.75) is 32.2 Å². The van der Waals surface area contributed by atoms with E-state index < -0.39 is 11.0 Å². The fraction of sp³-hybridized carbons (Fsp3) is 0.350. The lowest BCUT2D eigenvalue weighted by Gasteiger charge is -2.33. The van der Waals surface area contributed by atoms with E-state index in [0.29, 0.717) is 5.56 Å². The fourth-order valence-corrected chi connectivity index (χ4v) is 3.36. The highest BCUT2D eigenvalue weighted by Crippen LogP contribution is 2.28. The van der Waals surface area contributed by atoms with Gasteiger partial charge in [-0.05, 0) is 50.6 Å². The number of nitrogens with one attached hydrogen (secondary N) is 1. The third-order valence-electron chi connectivity index (χ3n) is 4.72. The van der Waals surface area contributed by atoms with Crippen molar-refractivity contribution >= 4 is 17.3 Å². The van der Waals surface area contributed by atoms with E-state index in [0.717, 1.165) is 43.6 Å². The normalized spacial score (nSPS) is 16.0. The summed E-state index contributed by atoms with van der Waals surface area (Å²) in [6.45, 7) is 3.62. The van der Waals surface area contributed by atoms with Crippen molar-refractivity contribution in [2.75, 3.05) is 18.4 Å². The van der Waals surface area contributed by atoms with E-state index in [9.17, 15) is 14.9 Å². The zero-order valence-corrected chi connectivity index (χ0v) is 14.9. The lowest BCUT2D eigenvalue weighted by Crippen LogP contribution is -2.40. The van der Waals surface area contributed by atoms with Crippen molar-refractivity contribution in [2.24, 2.45) is 0 Å². The minimum Gasteiger partial charge on any atom is -0.324 e. The summed E-state index contributed by atoms with van der Waals surface area (Å²) in [6.07, 6.45) is 3.21. The summed E-state index contributed by atoms with van der Waals surface area (Å²) in [4.78, 5) is 25.9. The van der Waals surface area contributed by atoms with Crippen molar-refractivity contribution in [1.82, 2.24) is 4.90 Å². The maximum Gasteiger partial charge on any atom is 0.269 e. The zero-order chi connectivity index (χ0) is 18.5. The summed E-state index contributed by atoms with van der Waals surface area (Å²) in [5.74, 6) is -0.156. The molecule has 1 atom stereocenters. The molecule has 1 aliphatic rings. The van der Waals surface area contributed by atoms with Crippen LogP contribution >= 0.6 is 0 Å². The molecule has 136 valence electrons. The van der Waals surface area contributed by atoms with Crippen molar-refractivity contribution in [3.05, 3.63) is 69.8 Å². The van der Waals surface area contributed by atoms with Gasteiger partial charge in [-0.3, -0.25) is 19.8 Å². The van der Waals surface area contributed by atoms with Gasteiger partial charge in [-0.25, -0.2) is 0 Å². The van der Waals surface area contributed by atoms with E-state index >= 15 is 0 Å². The first kappa shape index (κ1) is 18.1. The van der Waals surface area contributed by atoms with Gasteiger partial charge in [-0.1, -0.05) is 36.2 Å². The zero-order valence-electron chi connectivity index (χ0n) is 14.9. The Morgan fingerprint density at radius 3 is 2.46 bits per heavy atom. The van der Waals surface area contributed by atoms with Gasteiger partial charge in [0.05, 0.1) is 4.92 Å². The number of hydrogen-bond acceptors (Lipinski definition) is 4. The minimum atomic E-state index is -0.531. The molecule has 0 aromatic heterocycles. The first-order chi connectivity index (χ1) is 12.5. The van der Waals surface area contributed by atoms with Crippen LogP contribution in [0.2, 0.25) is 0 Å². The van der Waals surface area contributed by atoms with Gasteiger partial charge in [0.2, 0.25) is 5.91 Å². The maximum atomic E-state index is 13.1. The molecular weight excluding hydrogens is 330 g/mol. The molecule has 1 N–H and O–H groups in total. The standard InChI is InChI=1S/C20H23N3O3/c1-15-8-10-17(11-9-15)21-20(24)19(22-12-3-2-4-13-22)16-6-5-7-18(14-16)23(25)26/h5-11,14,19H,2-4,12-13H2,1H3,(H,21,24)/t19-/m0/s1. The highest BCUT2D eigenvalue weighted by molar-refractivity contribution is 5.95. The number of amides is 1. The van der Waals surface area contributed by atoms with Crippen LogP contribution in [0.4, 0.5) is 11.4 Å². The Bertz CT molecular complexity index is 783. The van der Waals surface area contributed by atoms with Gasteiger partial charge in [0.1, 0.15) is 6.04 Å². The van der Waals surface area contributed by atoms with Crippen molar-refractivity contribution in [3.8, 4) is 0 Å². The Morgan fingerprint density at radius 1 is 1.12 bits per heavy atom. The number of anilines is 1. The largest absolute Gasteiger partial charge is 0.324 e. The first-order valence-electron chi connectivity index (χ1n) is 8.90. The average molecular weight is 353 g/mol.